The fourth-order valence-corrected chi connectivity index (χ4v) is 2.57. The van der Waals surface area contributed by atoms with Gasteiger partial charge in [-0.05, 0) is 43.3 Å². The van der Waals surface area contributed by atoms with Crippen molar-refractivity contribution in [3.8, 4) is 5.75 Å². The zero-order valence-electron chi connectivity index (χ0n) is 11.5. The van der Waals surface area contributed by atoms with Gasteiger partial charge in [-0.15, -0.1) is 0 Å². The van der Waals surface area contributed by atoms with E-state index in [0.717, 1.165) is 37.0 Å². The standard InChI is InChI=1S/C14H21BO4/c1-10-8-11(15(16)17)6-7-14(10)19-13-5-3-4-12(9-13)18-2/h6-8,12-13,16-17H,3-5,9H2,1-2H3. The highest BCUT2D eigenvalue weighted by Crippen LogP contribution is 2.26. The molecule has 1 saturated carbocycles. The number of aryl methyl sites for hydroxylation is 1. The lowest BCUT2D eigenvalue weighted by Gasteiger charge is -2.29. The van der Waals surface area contributed by atoms with E-state index in [9.17, 15) is 0 Å². The maximum absolute atomic E-state index is 9.13. The Kier molecular flexibility index (Phi) is 4.85. The van der Waals surface area contributed by atoms with E-state index >= 15 is 0 Å². The molecule has 0 saturated heterocycles. The molecule has 1 fully saturated rings. The van der Waals surface area contributed by atoms with Gasteiger partial charge in [0.2, 0.25) is 0 Å². The summed E-state index contributed by atoms with van der Waals surface area (Å²) in [6.07, 6.45) is 4.66. The molecule has 2 unspecified atom stereocenters. The monoisotopic (exact) mass is 264 g/mol. The summed E-state index contributed by atoms with van der Waals surface area (Å²) in [6, 6.07) is 5.24. The van der Waals surface area contributed by atoms with Crippen molar-refractivity contribution in [3.05, 3.63) is 23.8 Å². The second-order valence-corrected chi connectivity index (χ2v) is 5.16. The van der Waals surface area contributed by atoms with Crippen molar-refractivity contribution < 1.29 is 19.5 Å². The minimum Gasteiger partial charge on any atom is -0.490 e. The Labute approximate surface area is 114 Å². The molecule has 0 aromatic heterocycles. The summed E-state index contributed by atoms with van der Waals surface area (Å²) in [5.41, 5.74) is 1.41. The van der Waals surface area contributed by atoms with Gasteiger partial charge in [-0.3, -0.25) is 0 Å². The lowest BCUT2D eigenvalue weighted by molar-refractivity contribution is 0.0207. The topological polar surface area (TPSA) is 58.9 Å². The molecular weight excluding hydrogens is 243 g/mol. The van der Waals surface area contributed by atoms with E-state index in [1.54, 1.807) is 25.3 Å². The molecule has 0 bridgehead atoms. The second kappa shape index (κ2) is 6.41. The molecule has 1 aliphatic rings. The van der Waals surface area contributed by atoms with Crippen molar-refractivity contribution in [2.75, 3.05) is 7.11 Å². The van der Waals surface area contributed by atoms with Gasteiger partial charge in [0.05, 0.1) is 6.10 Å². The molecule has 1 aromatic carbocycles. The van der Waals surface area contributed by atoms with Crippen LogP contribution in [0.1, 0.15) is 31.2 Å². The van der Waals surface area contributed by atoms with Crippen LogP contribution in [-0.4, -0.2) is 36.5 Å². The Morgan fingerprint density at radius 1 is 1.21 bits per heavy atom. The highest BCUT2D eigenvalue weighted by molar-refractivity contribution is 6.58. The number of methoxy groups -OCH3 is 1. The van der Waals surface area contributed by atoms with Crippen LogP contribution in [0.3, 0.4) is 0 Å². The Bertz CT molecular complexity index is 422. The lowest BCUT2D eigenvalue weighted by Crippen LogP contribution is -2.31. The number of rotatable bonds is 4. The van der Waals surface area contributed by atoms with E-state index < -0.39 is 7.12 Å². The molecule has 19 heavy (non-hydrogen) atoms. The largest absolute Gasteiger partial charge is 0.490 e. The molecule has 2 N–H and O–H groups in total. The third-order valence-corrected chi connectivity index (χ3v) is 3.70. The summed E-state index contributed by atoms with van der Waals surface area (Å²) in [5.74, 6) is 0.811. The van der Waals surface area contributed by atoms with Crippen molar-refractivity contribution in [1.82, 2.24) is 0 Å². The Hall–Kier alpha value is -1.04. The average Bonchev–Trinajstić information content (AvgIpc) is 2.41. The zero-order chi connectivity index (χ0) is 13.8. The summed E-state index contributed by atoms with van der Waals surface area (Å²) in [4.78, 5) is 0. The van der Waals surface area contributed by atoms with Gasteiger partial charge in [-0.25, -0.2) is 0 Å². The Morgan fingerprint density at radius 3 is 2.58 bits per heavy atom. The molecule has 2 atom stereocenters. The summed E-state index contributed by atoms with van der Waals surface area (Å²) >= 11 is 0. The first-order valence-electron chi connectivity index (χ1n) is 6.76. The number of ether oxygens (including phenoxy) is 2. The molecule has 0 aliphatic heterocycles. The van der Waals surface area contributed by atoms with Crippen LogP contribution in [0.15, 0.2) is 18.2 Å². The van der Waals surface area contributed by atoms with E-state index in [1.165, 1.54) is 0 Å². The SMILES string of the molecule is COC1CCCC(Oc2ccc(B(O)O)cc2C)C1. The molecule has 0 heterocycles. The number of benzene rings is 1. The molecule has 5 heteroatoms. The molecule has 104 valence electrons. The Morgan fingerprint density at radius 2 is 1.95 bits per heavy atom. The normalized spacial score (nSPS) is 23.2. The molecule has 0 amide bonds. The van der Waals surface area contributed by atoms with Gasteiger partial charge >= 0.3 is 7.12 Å². The van der Waals surface area contributed by atoms with Gasteiger partial charge < -0.3 is 19.5 Å². The Balaban J connectivity index is 2.02. The highest BCUT2D eigenvalue weighted by Gasteiger charge is 2.23. The van der Waals surface area contributed by atoms with E-state index in [2.05, 4.69) is 0 Å². The van der Waals surface area contributed by atoms with Gasteiger partial charge in [0, 0.05) is 13.5 Å². The maximum Gasteiger partial charge on any atom is 0.488 e. The van der Waals surface area contributed by atoms with Crippen LogP contribution in [0.2, 0.25) is 0 Å². The number of hydrogen-bond acceptors (Lipinski definition) is 4. The first kappa shape index (κ1) is 14.4. The number of hydrogen-bond donors (Lipinski definition) is 2. The van der Waals surface area contributed by atoms with E-state index in [4.69, 9.17) is 19.5 Å². The molecule has 2 rings (SSSR count). The van der Waals surface area contributed by atoms with E-state index in [1.807, 2.05) is 6.92 Å². The smallest absolute Gasteiger partial charge is 0.488 e. The van der Waals surface area contributed by atoms with Gasteiger partial charge in [0.15, 0.2) is 0 Å². The zero-order valence-corrected chi connectivity index (χ0v) is 11.5. The lowest BCUT2D eigenvalue weighted by atomic mass is 9.79. The highest BCUT2D eigenvalue weighted by atomic mass is 16.5. The van der Waals surface area contributed by atoms with Gasteiger partial charge in [-0.1, -0.05) is 12.1 Å². The first-order valence-corrected chi connectivity index (χ1v) is 6.76. The molecular formula is C14H21BO4. The van der Waals surface area contributed by atoms with Crippen molar-refractivity contribution in [3.63, 3.8) is 0 Å². The molecule has 1 aliphatic carbocycles. The predicted octanol–water partition coefficient (Wildman–Crippen LogP) is 1.01. The van der Waals surface area contributed by atoms with Crippen LogP contribution in [0, 0.1) is 6.92 Å². The van der Waals surface area contributed by atoms with Gasteiger partial charge in [0.25, 0.3) is 0 Å². The molecule has 1 aromatic rings. The van der Waals surface area contributed by atoms with Crippen molar-refractivity contribution in [1.29, 1.82) is 0 Å². The molecule has 0 spiro atoms. The van der Waals surface area contributed by atoms with Gasteiger partial charge in [0.1, 0.15) is 11.9 Å². The quantitative estimate of drug-likeness (QED) is 0.797. The summed E-state index contributed by atoms with van der Waals surface area (Å²) < 4.78 is 11.4. The van der Waals surface area contributed by atoms with Crippen molar-refractivity contribution in [2.45, 2.75) is 44.8 Å². The van der Waals surface area contributed by atoms with E-state index in [0.29, 0.717) is 5.46 Å². The fourth-order valence-electron chi connectivity index (χ4n) is 2.57. The van der Waals surface area contributed by atoms with Crippen LogP contribution in [0.25, 0.3) is 0 Å². The van der Waals surface area contributed by atoms with E-state index in [-0.39, 0.29) is 12.2 Å². The predicted molar refractivity (Wildman–Crippen MR) is 74.7 cm³/mol. The average molecular weight is 264 g/mol. The van der Waals surface area contributed by atoms with Gasteiger partial charge in [-0.2, -0.15) is 0 Å². The summed E-state index contributed by atoms with van der Waals surface area (Å²) in [6.45, 7) is 1.91. The minimum absolute atomic E-state index is 0.183. The van der Waals surface area contributed by atoms with Crippen LogP contribution in [0.5, 0.6) is 5.75 Å². The molecule has 0 radical (unpaired) electrons. The van der Waals surface area contributed by atoms with Crippen molar-refractivity contribution >= 4 is 12.6 Å². The third kappa shape index (κ3) is 3.72. The minimum atomic E-state index is -1.43. The van der Waals surface area contributed by atoms with Crippen LogP contribution in [-0.2, 0) is 4.74 Å². The summed E-state index contributed by atoms with van der Waals surface area (Å²) in [7, 11) is 0.315. The fraction of sp³-hybridized carbons (Fsp3) is 0.571. The first-order chi connectivity index (χ1) is 9.10. The third-order valence-electron chi connectivity index (χ3n) is 3.70. The van der Waals surface area contributed by atoms with Crippen molar-refractivity contribution in [2.24, 2.45) is 0 Å². The van der Waals surface area contributed by atoms with Crippen LogP contribution >= 0.6 is 0 Å². The van der Waals surface area contributed by atoms with Crippen LogP contribution < -0.4 is 10.2 Å². The summed E-state index contributed by atoms with van der Waals surface area (Å²) in [5, 5.41) is 18.3. The van der Waals surface area contributed by atoms with Crippen LogP contribution in [0.4, 0.5) is 0 Å². The maximum atomic E-state index is 9.13. The molecule has 4 nitrogen and oxygen atoms in total. The second-order valence-electron chi connectivity index (χ2n) is 5.16.